The van der Waals surface area contributed by atoms with Crippen molar-refractivity contribution in [2.45, 2.75) is 12.5 Å². The highest BCUT2D eigenvalue weighted by Crippen LogP contribution is 2.33. The number of methoxy groups -OCH3 is 1. The van der Waals surface area contributed by atoms with Crippen molar-refractivity contribution in [3.63, 3.8) is 0 Å². The topological polar surface area (TPSA) is 99.9 Å². The Hall–Kier alpha value is -2.81. The van der Waals surface area contributed by atoms with Gasteiger partial charge in [0.25, 0.3) is 0 Å². The predicted molar refractivity (Wildman–Crippen MR) is 95.3 cm³/mol. The number of hydrogen-bond acceptors (Lipinski definition) is 7. The third kappa shape index (κ3) is 3.05. The molecule has 4 heterocycles. The van der Waals surface area contributed by atoms with Crippen LogP contribution in [0.15, 0.2) is 42.7 Å². The van der Waals surface area contributed by atoms with Gasteiger partial charge < -0.3 is 4.74 Å². The average molecular weight is 371 g/mol. The Labute approximate surface area is 150 Å². The summed E-state index contributed by atoms with van der Waals surface area (Å²) in [7, 11) is -1.53. The van der Waals surface area contributed by atoms with Crippen LogP contribution in [-0.4, -0.2) is 51.8 Å². The fourth-order valence-corrected chi connectivity index (χ4v) is 4.75. The van der Waals surface area contributed by atoms with Crippen molar-refractivity contribution in [1.82, 2.24) is 24.7 Å². The molecule has 8 nitrogen and oxygen atoms in total. The van der Waals surface area contributed by atoms with Crippen LogP contribution in [0.25, 0.3) is 22.9 Å². The summed E-state index contributed by atoms with van der Waals surface area (Å²) in [6, 6.07) is 8.82. The molecule has 0 saturated carbocycles. The summed E-state index contributed by atoms with van der Waals surface area (Å²) >= 11 is 0. The third-order valence-corrected chi connectivity index (χ3v) is 6.04. The summed E-state index contributed by atoms with van der Waals surface area (Å²) in [5, 5.41) is 4.58. The molecule has 0 amide bonds. The van der Waals surface area contributed by atoms with E-state index in [-0.39, 0.29) is 17.5 Å². The molecule has 1 aliphatic rings. The molecule has 9 heteroatoms. The van der Waals surface area contributed by atoms with Crippen LogP contribution in [0.4, 0.5) is 0 Å². The lowest BCUT2D eigenvalue weighted by molar-refractivity contribution is 0.398. The minimum absolute atomic E-state index is 0.0492. The molecule has 0 radical (unpaired) electrons. The van der Waals surface area contributed by atoms with Gasteiger partial charge in [-0.15, -0.1) is 5.10 Å². The minimum Gasteiger partial charge on any atom is -0.480 e. The van der Waals surface area contributed by atoms with Crippen LogP contribution in [0, 0.1) is 0 Å². The van der Waals surface area contributed by atoms with Gasteiger partial charge in [-0.3, -0.25) is 4.98 Å². The van der Waals surface area contributed by atoms with Crippen molar-refractivity contribution < 1.29 is 13.2 Å². The zero-order valence-corrected chi connectivity index (χ0v) is 14.9. The maximum Gasteiger partial charge on any atom is 0.224 e. The SMILES string of the molecule is COc1ncccc1-c1nc(-c2ccccn2)nn1[C@@H]1CCS(=O)(=O)C1. The second-order valence-electron chi connectivity index (χ2n) is 6.04. The molecule has 1 fully saturated rings. The summed E-state index contributed by atoms with van der Waals surface area (Å²) in [5.74, 6) is 1.58. The molecule has 134 valence electrons. The van der Waals surface area contributed by atoms with Gasteiger partial charge in [-0.1, -0.05) is 6.07 Å². The van der Waals surface area contributed by atoms with E-state index in [1.54, 1.807) is 23.1 Å². The van der Waals surface area contributed by atoms with Gasteiger partial charge in [0.1, 0.15) is 5.69 Å². The lowest BCUT2D eigenvalue weighted by atomic mass is 10.2. The Bertz CT molecular complexity index is 1030. The Morgan fingerprint density at radius 2 is 2.00 bits per heavy atom. The zero-order valence-electron chi connectivity index (χ0n) is 14.1. The van der Waals surface area contributed by atoms with E-state index in [1.807, 2.05) is 24.3 Å². The van der Waals surface area contributed by atoms with Crippen molar-refractivity contribution in [2.75, 3.05) is 18.6 Å². The van der Waals surface area contributed by atoms with Crippen LogP contribution in [0.1, 0.15) is 12.5 Å². The number of nitrogens with zero attached hydrogens (tertiary/aromatic N) is 5. The van der Waals surface area contributed by atoms with Crippen molar-refractivity contribution in [2.24, 2.45) is 0 Å². The number of pyridine rings is 2. The first-order valence-corrected chi connectivity index (χ1v) is 9.97. The number of aromatic nitrogens is 5. The van der Waals surface area contributed by atoms with Crippen molar-refractivity contribution >= 4 is 9.84 Å². The standard InChI is InChI=1S/C17H17N5O3S/c1-25-17-13(5-4-9-19-17)16-20-15(14-6-2-3-8-18-14)21-22(16)12-7-10-26(23,24)11-12/h2-6,8-9,12H,7,10-11H2,1H3/t12-/m1/s1. The third-order valence-electron chi connectivity index (χ3n) is 4.28. The van der Waals surface area contributed by atoms with Crippen LogP contribution in [-0.2, 0) is 9.84 Å². The molecule has 1 atom stereocenters. The van der Waals surface area contributed by atoms with Gasteiger partial charge >= 0.3 is 0 Å². The monoisotopic (exact) mass is 371 g/mol. The van der Waals surface area contributed by atoms with E-state index in [0.717, 1.165) is 0 Å². The van der Waals surface area contributed by atoms with Crippen LogP contribution in [0.3, 0.4) is 0 Å². The van der Waals surface area contributed by atoms with Gasteiger partial charge in [0.05, 0.1) is 30.2 Å². The quantitative estimate of drug-likeness (QED) is 0.689. The van der Waals surface area contributed by atoms with Gasteiger partial charge in [0.15, 0.2) is 21.5 Å². The first kappa shape index (κ1) is 16.6. The van der Waals surface area contributed by atoms with Crippen molar-refractivity contribution in [3.8, 4) is 28.8 Å². The summed E-state index contributed by atoms with van der Waals surface area (Å²) < 4.78 is 30.9. The molecule has 0 spiro atoms. The summed E-state index contributed by atoms with van der Waals surface area (Å²) in [5.41, 5.74) is 1.28. The first-order valence-electron chi connectivity index (χ1n) is 8.15. The Balaban J connectivity index is 1.87. The lowest BCUT2D eigenvalue weighted by Gasteiger charge is -2.13. The smallest absolute Gasteiger partial charge is 0.224 e. The second kappa shape index (κ2) is 6.49. The number of hydrogen-bond donors (Lipinski definition) is 0. The molecule has 0 bridgehead atoms. The molecule has 3 aromatic heterocycles. The molecule has 4 rings (SSSR count). The minimum atomic E-state index is -3.06. The van der Waals surface area contributed by atoms with Crippen LogP contribution in [0.2, 0.25) is 0 Å². The van der Waals surface area contributed by atoms with E-state index in [1.165, 1.54) is 7.11 Å². The molecule has 0 unspecified atom stereocenters. The summed E-state index contributed by atoms with van der Waals surface area (Å²) in [6.07, 6.45) is 3.80. The fraction of sp³-hybridized carbons (Fsp3) is 0.294. The fourth-order valence-electron chi connectivity index (χ4n) is 3.06. The van der Waals surface area contributed by atoms with E-state index in [4.69, 9.17) is 4.74 Å². The number of sulfone groups is 1. The number of rotatable bonds is 4. The van der Waals surface area contributed by atoms with E-state index < -0.39 is 9.84 Å². The van der Waals surface area contributed by atoms with E-state index in [9.17, 15) is 8.42 Å². The van der Waals surface area contributed by atoms with E-state index >= 15 is 0 Å². The van der Waals surface area contributed by atoms with E-state index in [0.29, 0.717) is 35.2 Å². The maximum atomic E-state index is 12.0. The normalized spacial score (nSPS) is 18.7. The van der Waals surface area contributed by atoms with Gasteiger partial charge in [-0.2, -0.15) is 0 Å². The first-order chi connectivity index (χ1) is 12.6. The highest BCUT2D eigenvalue weighted by molar-refractivity contribution is 7.91. The predicted octanol–water partition coefficient (Wildman–Crippen LogP) is 1.77. The van der Waals surface area contributed by atoms with Gasteiger partial charge in [0, 0.05) is 12.4 Å². The van der Waals surface area contributed by atoms with Crippen molar-refractivity contribution in [1.29, 1.82) is 0 Å². The van der Waals surface area contributed by atoms with Gasteiger partial charge in [0.2, 0.25) is 5.88 Å². The zero-order chi connectivity index (χ0) is 18.1. The molecule has 0 N–H and O–H groups in total. The molecule has 0 aliphatic carbocycles. The lowest BCUT2D eigenvalue weighted by Crippen LogP contribution is -2.14. The highest BCUT2D eigenvalue weighted by Gasteiger charge is 2.33. The van der Waals surface area contributed by atoms with Gasteiger partial charge in [-0.25, -0.2) is 23.1 Å². The van der Waals surface area contributed by atoms with Gasteiger partial charge in [-0.05, 0) is 30.7 Å². The molecule has 0 aromatic carbocycles. The molecule has 1 saturated heterocycles. The van der Waals surface area contributed by atoms with Crippen molar-refractivity contribution in [3.05, 3.63) is 42.7 Å². The summed E-state index contributed by atoms with van der Waals surface area (Å²) in [4.78, 5) is 13.1. The average Bonchev–Trinajstić information content (AvgIpc) is 3.25. The van der Waals surface area contributed by atoms with E-state index in [2.05, 4.69) is 20.1 Å². The largest absolute Gasteiger partial charge is 0.480 e. The molecular formula is C17H17N5O3S. The summed E-state index contributed by atoms with van der Waals surface area (Å²) in [6.45, 7) is 0. The Morgan fingerprint density at radius 1 is 1.15 bits per heavy atom. The Kier molecular flexibility index (Phi) is 4.15. The second-order valence-corrected chi connectivity index (χ2v) is 8.26. The number of ether oxygens (including phenoxy) is 1. The van der Waals surface area contributed by atoms with Crippen LogP contribution < -0.4 is 4.74 Å². The highest BCUT2D eigenvalue weighted by atomic mass is 32.2. The maximum absolute atomic E-state index is 12.0. The van der Waals surface area contributed by atoms with Crippen LogP contribution >= 0.6 is 0 Å². The van der Waals surface area contributed by atoms with Crippen LogP contribution in [0.5, 0.6) is 5.88 Å². The molecule has 1 aliphatic heterocycles. The Morgan fingerprint density at radius 3 is 2.69 bits per heavy atom. The molecule has 3 aromatic rings. The molecular weight excluding hydrogens is 354 g/mol. The molecule has 26 heavy (non-hydrogen) atoms.